The van der Waals surface area contributed by atoms with Gasteiger partial charge in [-0.3, -0.25) is 9.48 Å². The van der Waals surface area contributed by atoms with Gasteiger partial charge in [0.25, 0.3) is 5.56 Å². The van der Waals surface area contributed by atoms with E-state index in [0.717, 1.165) is 17.5 Å². The summed E-state index contributed by atoms with van der Waals surface area (Å²) >= 11 is 0. The molecule has 190 valence electrons. The van der Waals surface area contributed by atoms with E-state index in [1.54, 1.807) is 49.3 Å². The Kier molecular flexibility index (Phi) is 7.94. The van der Waals surface area contributed by atoms with Gasteiger partial charge < -0.3 is 14.8 Å². The van der Waals surface area contributed by atoms with Crippen LogP contribution in [0.3, 0.4) is 0 Å². The highest BCUT2D eigenvalue weighted by atomic mass is 19.3. The van der Waals surface area contributed by atoms with E-state index in [1.165, 1.54) is 6.08 Å². The van der Waals surface area contributed by atoms with Gasteiger partial charge in [-0.15, -0.1) is 0 Å². The topological polar surface area (TPSA) is 83.2 Å². The number of allylic oxidation sites excluding steroid dienone is 4. The lowest BCUT2D eigenvalue weighted by molar-refractivity contribution is -0.0939. The first-order valence-corrected chi connectivity index (χ1v) is 11.7. The van der Waals surface area contributed by atoms with E-state index in [4.69, 9.17) is 9.47 Å². The Balaban J connectivity index is 1.66. The van der Waals surface area contributed by atoms with Crippen LogP contribution in [0.25, 0.3) is 22.0 Å². The fourth-order valence-electron chi connectivity index (χ4n) is 4.33. The fraction of sp³-hybridized carbons (Fsp3) is 0.346. The van der Waals surface area contributed by atoms with Crippen molar-refractivity contribution in [1.29, 1.82) is 0 Å². The molecule has 0 aliphatic carbocycles. The van der Waals surface area contributed by atoms with Crippen LogP contribution < -0.4 is 10.9 Å². The monoisotopic (exact) mass is 497 g/mol. The van der Waals surface area contributed by atoms with Crippen LogP contribution >= 0.6 is 0 Å². The molecular weight excluding hydrogens is 468 g/mol. The number of anilines is 1. The average molecular weight is 498 g/mol. The number of rotatable bonds is 11. The standard InChI is InChI=1S/C26H29F2N5O3/c1-4-5-7-23(36-25(27)28)17(2)21-10-12-32-24(34)20-9-8-18(14-22(20)33(21)32)19-15-30-26(31-16-19)29-11-6-13-35-3/h4-5,7-9,14-16,21,25H,2,6,10-13H2,1,3H3,(H,29,30,31)/b5-4-,23-7+/t21-/m0/s1. The molecule has 36 heavy (non-hydrogen) atoms. The highest BCUT2D eigenvalue weighted by Gasteiger charge is 2.31. The number of fused-ring (bicyclic) bond motifs is 3. The molecule has 0 bridgehead atoms. The molecule has 0 radical (unpaired) electrons. The predicted octanol–water partition coefficient (Wildman–Crippen LogP) is 4.91. The van der Waals surface area contributed by atoms with E-state index in [-0.39, 0.29) is 11.3 Å². The van der Waals surface area contributed by atoms with Crippen molar-refractivity contribution < 1.29 is 18.3 Å². The highest BCUT2D eigenvalue weighted by molar-refractivity contribution is 5.84. The van der Waals surface area contributed by atoms with Crippen molar-refractivity contribution in [2.45, 2.75) is 39.0 Å². The Hall–Kier alpha value is -3.79. The van der Waals surface area contributed by atoms with Crippen LogP contribution in [0, 0.1) is 0 Å². The van der Waals surface area contributed by atoms with E-state index in [2.05, 4.69) is 21.9 Å². The van der Waals surface area contributed by atoms with Gasteiger partial charge in [-0.1, -0.05) is 24.8 Å². The van der Waals surface area contributed by atoms with Crippen LogP contribution in [0.5, 0.6) is 0 Å². The summed E-state index contributed by atoms with van der Waals surface area (Å²) in [5.41, 5.74) is 2.56. The van der Waals surface area contributed by atoms with Crippen molar-refractivity contribution in [3.05, 3.63) is 77.1 Å². The lowest BCUT2D eigenvalue weighted by Gasteiger charge is -2.20. The summed E-state index contributed by atoms with van der Waals surface area (Å²) in [5, 5.41) is 3.69. The first-order chi connectivity index (χ1) is 17.4. The molecule has 0 amide bonds. The molecule has 1 atom stereocenters. The summed E-state index contributed by atoms with van der Waals surface area (Å²) in [5.74, 6) is 0.515. The molecule has 1 aliphatic rings. The zero-order valence-corrected chi connectivity index (χ0v) is 20.3. The van der Waals surface area contributed by atoms with Gasteiger partial charge in [0.2, 0.25) is 5.95 Å². The quantitative estimate of drug-likeness (QED) is 0.230. The molecule has 1 aliphatic heterocycles. The van der Waals surface area contributed by atoms with Crippen molar-refractivity contribution in [3.8, 4) is 11.1 Å². The van der Waals surface area contributed by atoms with Gasteiger partial charge >= 0.3 is 6.61 Å². The number of hydrogen-bond acceptors (Lipinski definition) is 6. The van der Waals surface area contributed by atoms with E-state index >= 15 is 0 Å². The Morgan fingerprint density at radius 2 is 2.08 bits per heavy atom. The van der Waals surface area contributed by atoms with E-state index in [0.29, 0.717) is 48.5 Å². The Bertz CT molecular complexity index is 1340. The van der Waals surface area contributed by atoms with Crippen LogP contribution in [0.15, 0.2) is 71.5 Å². The third-order valence-electron chi connectivity index (χ3n) is 6.05. The third kappa shape index (κ3) is 5.23. The van der Waals surface area contributed by atoms with Gasteiger partial charge in [-0.05, 0) is 43.5 Å². The molecular formula is C26H29F2N5O3. The molecule has 0 saturated carbocycles. The molecule has 2 aromatic heterocycles. The van der Waals surface area contributed by atoms with Crippen LogP contribution in [0.1, 0.15) is 25.8 Å². The molecule has 0 unspecified atom stereocenters. The number of methoxy groups -OCH3 is 1. The van der Waals surface area contributed by atoms with Crippen LogP contribution in [0.2, 0.25) is 0 Å². The van der Waals surface area contributed by atoms with Crippen LogP contribution in [-0.4, -0.2) is 46.2 Å². The summed E-state index contributed by atoms with van der Waals surface area (Å²) in [6.45, 7) is 4.65. The summed E-state index contributed by atoms with van der Waals surface area (Å²) in [6.07, 6.45) is 9.62. The maximum atomic E-state index is 13.1. The second-order valence-corrected chi connectivity index (χ2v) is 8.34. The number of hydrogen-bond donors (Lipinski definition) is 1. The number of ether oxygens (including phenoxy) is 2. The Labute approximate surface area is 207 Å². The van der Waals surface area contributed by atoms with Crippen LogP contribution in [0.4, 0.5) is 14.7 Å². The van der Waals surface area contributed by atoms with Crippen LogP contribution in [-0.2, 0) is 16.0 Å². The van der Waals surface area contributed by atoms with Gasteiger partial charge in [-0.2, -0.15) is 8.78 Å². The fourth-order valence-corrected chi connectivity index (χ4v) is 4.33. The molecule has 0 spiro atoms. The van der Waals surface area contributed by atoms with Gasteiger partial charge in [0.05, 0.1) is 16.9 Å². The third-order valence-corrected chi connectivity index (χ3v) is 6.05. The number of halogens is 2. The van der Waals surface area contributed by atoms with Crippen molar-refractivity contribution in [2.75, 3.05) is 25.6 Å². The molecule has 4 rings (SSSR count). The molecule has 10 heteroatoms. The maximum absolute atomic E-state index is 13.1. The van der Waals surface area contributed by atoms with Crippen molar-refractivity contribution in [2.24, 2.45) is 0 Å². The van der Waals surface area contributed by atoms with E-state index in [9.17, 15) is 13.6 Å². The number of aromatic nitrogens is 4. The molecule has 3 heterocycles. The lowest BCUT2D eigenvalue weighted by atomic mass is 10.0. The molecule has 0 fully saturated rings. The lowest BCUT2D eigenvalue weighted by Crippen LogP contribution is -2.18. The summed E-state index contributed by atoms with van der Waals surface area (Å²) in [4.78, 5) is 21.8. The summed E-state index contributed by atoms with van der Waals surface area (Å²) in [7, 11) is 1.66. The summed E-state index contributed by atoms with van der Waals surface area (Å²) in [6, 6.07) is 5.11. The zero-order chi connectivity index (χ0) is 25.7. The Morgan fingerprint density at radius 1 is 1.31 bits per heavy atom. The second kappa shape index (κ2) is 11.3. The summed E-state index contributed by atoms with van der Waals surface area (Å²) < 4.78 is 39.4. The van der Waals surface area contributed by atoms with Crippen molar-refractivity contribution >= 4 is 16.9 Å². The maximum Gasteiger partial charge on any atom is 0.387 e. The number of alkyl halides is 2. The Morgan fingerprint density at radius 3 is 2.78 bits per heavy atom. The minimum atomic E-state index is -2.98. The average Bonchev–Trinajstić information content (AvgIpc) is 3.43. The molecule has 0 saturated heterocycles. The smallest absolute Gasteiger partial charge is 0.387 e. The zero-order valence-electron chi connectivity index (χ0n) is 20.3. The van der Waals surface area contributed by atoms with Gasteiger partial charge in [0.15, 0.2) is 0 Å². The normalized spacial score (nSPS) is 15.7. The minimum Gasteiger partial charge on any atom is -0.434 e. The SMILES string of the molecule is C=C(/C(=C\C=C/C)OC(F)F)[C@@H]1CCn2c(=O)c3ccc(-c4cnc(NCCCOC)nc4)cc3n21. The largest absolute Gasteiger partial charge is 0.434 e. The first-order valence-electron chi connectivity index (χ1n) is 11.7. The molecule has 8 nitrogen and oxygen atoms in total. The predicted molar refractivity (Wildman–Crippen MR) is 135 cm³/mol. The van der Waals surface area contributed by atoms with E-state index < -0.39 is 12.7 Å². The molecule has 3 aromatic rings. The van der Waals surface area contributed by atoms with Crippen molar-refractivity contribution in [3.63, 3.8) is 0 Å². The number of nitrogens with zero attached hydrogens (tertiary/aromatic N) is 4. The van der Waals surface area contributed by atoms with Crippen molar-refractivity contribution in [1.82, 2.24) is 19.3 Å². The van der Waals surface area contributed by atoms with Gasteiger partial charge in [0.1, 0.15) is 5.76 Å². The molecule has 1 N–H and O–H groups in total. The van der Waals surface area contributed by atoms with E-state index in [1.807, 2.05) is 16.8 Å². The second-order valence-electron chi connectivity index (χ2n) is 8.34. The number of benzene rings is 1. The first kappa shape index (κ1) is 25.3. The number of nitrogens with one attached hydrogen (secondary N) is 1. The molecule has 1 aromatic carbocycles. The van der Waals surface area contributed by atoms with Gasteiger partial charge in [0, 0.05) is 50.3 Å². The van der Waals surface area contributed by atoms with Gasteiger partial charge in [-0.25, -0.2) is 14.6 Å². The minimum absolute atomic E-state index is 0.00556. The highest BCUT2D eigenvalue weighted by Crippen LogP contribution is 2.36.